The Kier molecular flexibility index (Phi) is 10.4. The van der Waals surface area contributed by atoms with Crippen molar-refractivity contribution >= 4 is 24.2 Å². The maximum Gasteiger partial charge on any atom is 0.411 e. The van der Waals surface area contributed by atoms with Crippen molar-refractivity contribution in [1.82, 2.24) is 4.90 Å². The van der Waals surface area contributed by atoms with Gasteiger partial charge in [-0.15, -0.1) is 12.4 Å². The van der Waals surface area contributed by atoms with Gasteiger partial charge in [-0.25, -0.2) is 4.79 Å². The first kappa shape index (κ1) is 19.5. The minimum Gasteiger partial charge on any atom is -0.491 e. The van der Waals surface area contributed by atoms with Crippen molar-refractivity contribution in [3.8, 4) is 5.75 Å². The number of halogens is 1. The van der Waals surface area contributed by atoms with Crippen LogP contribution in [0.3, 0.4) is 0 Å². The zero-order valence-corrected chi connectivity index (χ0v) is 13.7. The predicted molar refractivity (Wildman–Crippen MR) is 87.6 cm³/mol. The summed E-state index contributed by atoms with van der Waals surface area (Å²) in [6.07, 6.45) is 1.60. The number of hydrogen-bond donors (Lipinski definition) is 1. The fraction of sp³-hybridized carbons (Fsp3) is 0.533. The highest BCUT2D eigenvalue weighted by molar-refractivity contribution is 5.86. The summed E-state index contributed by atoms with van der Waals surface area (Å²) in [6.45, 7) is 3.81. The van der Waals surface area contributed by atoms with Crippen molar-refractivity contribution in [2.75, 3.05) is 39.2 Å². The van der Waals surface area contributed by atoms with E-state index in [1.807, 2.05) is 37.2 Å². The minimum absolute atomic E-state index is 0. The first-order valence-electron chi connectivity index (χ1n) is 6.93. The number of nitrogens with one attached hydrogen (secondary N) is 1. The minimum atomic E-state index is -0.460. The van der Waals surface area contributed by atoms with E-state index >= 15 is 0 Å². The summed E-state index contributed by atoms with van der Waals surface area (Å²) < 4.78 is 10.7. The van der Waals surface area contributed by atoms with Gasteiger partial charge < -0.3 is 14.4 Å². The summed E-state index contributed by atoms with van der Waals surface area (Å²) in [5, 5.41) is 2.71. The topological polar surface area (TPSA) is 50.8 Å². The second-order valence-corrected chi connectivity index (χ2v) is 4.76. The third kappa shape index (κ3) is 8.42. The quantitative estimate of drug-likeness (QED) is 0.747. The zero-order valence-electron chi connectivity index (χ0n) is 12.9. The van der Waals surface area contributed by atoms with Crippen LogP contribution >= 0.6 is 12.4 Å². The van der Waals surface area contributed by atoms with Crippen LogP contribution in [0, 0.1) is 0 Å². The van der Waals surface area contributed by atoms with E-state index in [0.29, 0.717) is 31.2 Å². The van der Waals surface area contributed by atoms with Gasteiger partial charge in [0.25, 0.3) is 0 Å². The van der Waals surface area contributed by atoms with Gasteiger partial charge in [0, 0.05) is 6.54 Å². The second kappa shape index (κ2) is 11.2. The lowest BCUT2D eigenvalue weighted by molar-refractivity contribution is 0.151. The van der Waals surface area contributed by atoms with Crippen molar-refractivity contribution in [2.45, 2.75) is 19.8 Å². The van der Waals surface area contributed by atoms with E-state index in [2.05, 4.69) is 12.2 Å². The van der Waals surface area contributed by atoms with Crippen LogP contribution in [-0.4, -0.2) is 44.8 Å². The Hall–Kier alpha value is -1.46. The van der Waals surface area contributed by atoms with Crippen molar-refractivity contribution in [3.63, 3.8) is 0 Å². The van der Waals surface area contributed by atoms with Gasteiger partial charge >= 0.3 is 6.09 Å². The number of rotatable bonds is 8. The van der Waals surface area contributed by atoms with Gasteiger partial charge in [-0.1, -0.05) is 25.5 Å². The van der Waals surface area contributed by atoms with E-state index in [1.165, 1.54) is 0 Å². The standard InChI is InChI=1S/C15H24N2O3.ClH/c1-4-5-11-19-14-9-7-6-8-13(14)16-15(18)20-12-10-17(2)3;/h6-9H,4-5,10-12H2,1-3H3,(H,16,18);1H. The van der Waals surface area contributed by atoms with Crippen LogP contribution in [0.4, 0.5) is 10.5 Å². The summed E-state index contributed by atoms with van der Waals surface area (Å²) in [5.41, 5.74) is 0.637. The van der Waals surface area contributed by atoms with Gasteiger partial charge in [-0.05, 0) is 32.6 Å². The molecule has 1 aromatic carbocycles. The van der Waals surface area contributed by atoms with Crippen LogP contribution in [0.15, 0.2) is 24.3 Å². The van der Waals surface area contributed by atoms with Gasteiger partial charge in [0.05, 0.1) is 12.3 Å². The lowest BCUT2D eigenvalue weighted by Crippen LogP contribution is -2.22. The van der Waals surface area contributed by atoms with Crippen molar-refractivity contribution in [1.29, 1.82) is 0 Å². The normalized spacial score (nSPS) is 9.90. The first-order chi connectivity index (χ1) is 9.63. The van der Waals surface area contributed by atoms with E-state index in [4.69, 9.17) is 9.47 Å². The largest absolute Gasteiger partial charge is 0.491 e. The molecule has 0 spiro atoms. The molecule has 0 aliphatic heterocycles. The van der Waals surface area contributed by atoms with Gasteiger partial charge in [0.1, 0.15) is 12.4 Å². The number of para-hydroxylation sites is 2. The Bertz CT molecular complexity index is 414. The number of nitrogens with zero attached hydrogens (tertiary/aromatic N) is 1. The number of unbranched alkanes of at least 4 members (excludes halogenated alkanes) is 1. The molecule has 1 amide bonds. The molecule has 1 rings (SSSR count). The van der Waals surface area contributed by atoms with Crippen molar-refractivity contribution in [3.05, 3.63) is 24.3 Å². The molecule has 1 N–H and O–H groups in total. The molecule has 120 valence electrons. The number of ether oxygens (including phenoxy) is 2. The lowest BCUT2D eigenvalue weighted by atomic mass is 10.3. The monoisotopic (exact) mass is 316 g/mol. The number of carbonyl (C=O) groups excluding carboxylic acids is 1. The van der Waals surface area contributed by atoms with Crippen molar-refractivity contribution < 1.29 is 14.3 Å². The summed E-state index contributed by atoms with van der Waals surface area (Å²) in [7, 11) is 3.86. The van der Waals surface area contributed by atoms with Crippen LogP contribution in [0.2, 0.25) is 0 Å². The van der Waals surface area contributed by atoms with E-state index < -0.39 is 6.09 Å². The molecule has 6 heteroatoms. The molecule has 0 bridgehead atoms. The highest BCUT2D eigenvalue weighted by atomic mass is 35.5. The number of anilines is 1. The molecule has 21 heavy (non-hydrogen) atoms. The molecule has 0 saturated heterocycles. The Labute approximate surface area is 133 Å². The van der Waals surface area contributed by atoms with Gasteiger partial charge in [-0.3, -0.25) is 5.32 Å². The Morgan fingerprint density at radius 2 is 1.95 bits per heavy atom. The SMILES string of the molecule is CCCCOc1ccccc1NC(=O)OCCN(C)C.Cl. The average molecular weight is 317 g/mol. The molecule has 0 aliphatic carbocycles. The molecular formula is C15H25ClN2O3. The smallest absolute Gasteiger partial charge is 0.411 e. The van der Waals surface area contributed by atoms with E-state index in [1.54, 1.807) is 6.07 Å². The summed E-state index contributed by atoms with van der Waals surface area (Å²) in [6, 6.07) is 7.37. The number of carbonyl (C=O) groups is 1. The van der Waals surface area contributed by atoms with Gasteiger partial charge in [0.15, 0.2) is 0 Å². The number of likely N-dealkylation sites (N-methyl/N-ethyl adjacent to an activating group) is 1. The van der Waals surface area contributed by atoms with E-state index in [-0.39, 0.29) is 12.4 Å². The molecule has 0 aliphatic rings. The Morgan fingerprint density at radius 1 is 1.24 bits per heavy atom. The number of amides is 1. The average Bonchev–Trinajstić information content (AvgIpc) is 2.40. The molecule has 5 nitrogen and oxygen atoms in total. The van der Waals surface area contributed by atoms with E-state index in [0.717, 1.165) is 12.8 Å². The van der Waals surface area contributed by atoms with Gasteiger partial charge in [0.2, 0.25) is 0 Å². The Morgan fingerprint density at radius 3 is 2.62 bits per heavy atom. The molecular weight excluding hydrogens is 292 g/mol. The molecule has 0 radical (unpaired) electrons. The van der Waals surface area contributed by atoms with Crippen molar-refractivity contribution in [2.24, 2.45) is 0 Å². The highest BCUT2D eigenvalue weighted by Gasteiger charge is 2.08. The Balaban J connectivity index is 0.00000400. The second-order valence-electron chi connectivity index (χ2n) is 4.76. The predicted octanol–water partition coefficient (Wildman–Crippen LogP) is 3.40. The third-order valence-electron chi connectivity index (χ3n) is 2.65. The van der Waals surface area contributed by atoms with E-state index in [9.17, 15) is 4.79 Å². The zero-order chi connectivity index (χ0) is 14.8. The van der Waals surface area contributed by atoms with Gasteiger partial charge in [-0.2, -0.15) is 0 Å². The number of hydrogen-bond acceptors (Lipinski definition) is 4. The molecule has 0 aromatic heterocycles. The molecule has 0 heterocycles. The summed E-state index contributed by atoms with van der Waals surface area (Å²) in [4.78, 5) is 13.6. The van der Waals surface area contributed by atoms with Crippen LogP contribution in [0.1, 0.15) is 19.8 Å². The third-order valence-corrected chi connectivity index (χ3v) is 2.65. The number of benzene rings is 1. The van der Waals surface area contributed by atoms with Crippen LogP contribution < -0.4 is 10.1 Å². The van der Waals surface area contributed by atoms with Crippen LogP contribution in [-0.2, 0) is 4.74 Å². The van der Waals surface area contributed by atoms with Crippen LogP contribution in [0.5, 0.6) is 5.75 Å². The lowest BCUT2D eigenvalue weighted by Gasteiger charge is -2.13. The summed E-state index contributed by atoms with van der Waals surface area (Å²) >= 11 is 0. The fourth-order valence-corrected chi connectivity index (χ4v) is 1.49. The fourth-order valence-electron chi connectivity index (χ4n) is 1.49. The first-order valence-corrected chi connectivity index (χ1v) is 6.93. The molecule has 0 unspecified atom stereocenters. The molecule has 0 saturated carbocycles. The maximum absolute atomic E-state index is 11.7. The molecule has 1 aromatic rings. The molecule has 0 atom stereocenters. The summed E-state index contributed by atoms with van der Waals surface area (Å²) in [5.74, 6) is 0.672. The van der Waals surface area contributed by atoms with Crippen LogP contribution in [0.25, 0.3) is 0 Å². The highest BCUT2D eigenvalue weighted by Crippen LogP contribution is 2.24. The maximum atomic E-state index is 11.7. The molecule has 0 fully saturated rings.